The number of anilines is 2. The van der Waals surface area contributed by atoms with E-state index in [1.54, 1.807) is 48.5 Å². The molecule has 3 aromatic rings. The molecule has 5 heteroatoms. The number of rotatable bonds is 2. The number of para-hydroxylation sites is 1. The number of nitrogen functional groups attached to an aromatic ring is 1. The van der Waals surface area contributed by atoms with Crippen molar-refractivity contribution < 1.29 is 9.21 Å². The summed E-state index contributed by atoms with van der Waals surface area (Å²) in [5, 5.41) is 3.10. The first-order chi connectivity index (χ1) is 10.1. The highest BCUT2D eigenvalue weighted by Crippen LogP contribution is 2.15. The van der Waals surface area contributed by atoms with E-state index >= 15 is 0 Å². The largest absolute Gasteiger partial charge is 0.451 e. The highest BCUT2D eigenvalue weighted by Gasteiger charge is 2.12. The molecule has 0 aliphatic heterocycles. The van der Waals surface area contributed by atoms with Gasteiger partial charge in [-0.05, 0) is 36.4 Å². The van der Waals surface area contributed by atoms with E-state index in [1.807, 2.05) is 0 Å². The zero-order chi connectivity index (χ0) is 14.8. The van der Waals surface area contributed by atoms with Crippen molar-refractivity contribution in [1.29, 1.82) is 0 Å². The van der Waals surface area contributed by atoms with E-state index in [1.165, 1.54) is 6.07 Å². The topological polar surface area (TPSA) is 85.3 Å². The van der Waals surface area contributed by atoms with Gasteiger partial charge in [0.15, 0.2) is 11.2 Å². The number of carbonyl (C=O) groups is 1. The molecule has 1 heterocycles. The van der Waals surface area contributed by atoms with Crippen LogP contribution in [0.15, 0.2) is 63.8 Å². The number of nitrogens with one attached hydrogen (secondary N) is 1. The second-order valence-electron chi connectivity index (χ2n) is 4.55. The summed E-state index contributed by atoms with van der Waals surface area (Å²) in [4.78, 5) is 24.1. The molecule has 0 saturated heterocycles. The number of carbonyl (C=O) groups excluding carboxylic acids is 1. The lowest BCUT2D eigenvalue weighted by Crippen LogP contribution is -2.14. The molecule has 5 nitrogen and oxygen atoms in total. The van der Waals surface area contributed by atoms with Crippen LogP contribution in [0.5, 0.6) is 0 Å². The Balaban J connectivity index is 1.94. The predicted octanol–water partition coefficient (Wildman–Crippen LogP) is 2.63. The fraction of sp³-hybridized carbons (Fsp3) is 0. The Morgan fingerprint density at radius 2 is 1.76 bits per heavy atom. The Morgan fingerprint density at radius 3 is 2.52 bits per heavy atom. The van der Waals surface area contributed by atoms with Crippen LogP contribution in [0, 0.1) is 0 Å². The summed E-state index contributed by atoms with van der Waals surface area (Å²) in [6.45, 7) is 0. The molecule has 1 amide bonds. The molecular weight excluding hydrogens is 268 g/mol. The smallest absolute Gasteiger partial charge is 0.291 e. The summed E-state index contributed by atoms with van der Waals surface area (Å²) in [6, 6.07) is 14.7. The van der Waals surface area contributed by atoms with Gasteiger partial charge in [-0.15, -0.1) is 0 Å². The fourth-order valence-electron chi connectivity index (χ4n) is 1.97. The average Bonchev–Trinajstić information content (AvgIpc) is 2.49. The lowest BCUT2D eigenvalue weighted by molar-refractivity contribution is 0.0997. The molecule has 3 rings (SSSR count). The van der Waals surface area contributed by atoms with Gasteiger partial charge in [0.2, 0.25) is 0 Å². The van der Waals surface area contributed by atoms with Crippen molar-refractivity contribution in [1.82, 2.24) is 0 Å². The molecule has 104 valence electrons. The second-order valence-corrected chi connectivity index (χ2v) is 4.55. The van der Waals surface area contributed by atoms with Crippen molar-refractivity contribution >= 4 is 28.3 Å². The predicted molar refractivity (Wildman–Crippen MR) is 81.3 cm³/mol. The average molecular weight is 280 g/mol. The van der Waals surface area contributed by atoms with Crippen LogP contribution in [-0.2, 0) is 0 Å². The SMILES string of the molecule is Nc1ccc(NC(=O)c2cc(=O)c3ccccc3o2)cc1. The van der Waals surface area contributed by atoms with E-state index < -0.39 is 5.91 Å². The third kappa shape index (κ3) is 2.62. The molecule has 0 aliphatic rings. The molecule has 0 atom stereocenters. The number of hydrogen-bond donors (Lipinski definition) is 2. The first kappa shape index (κ1) is 12.9. The minimum atomic E-state index is -0.484. The van der Waals surface area contributed by atoms with Gasteiger partial charge in [0.1, 0.15) is 5.58 Å². The Bertz CT molecular complexity index is 867. The number of amides is 1. The molecule has 0 saturated carbocycles. The molecule has 3 N–H and O–H groups in total. The summed E-state index contributed by atoms with van der Waals surface area (Å²) in [6.07, 6.45) is 0. The monoisotopic (exact) mass is 280 g/mol. The Morgan fingerprint density at radius 1 is 1.05 bits per heavy atom. The van der Waals surface area contributed by atoms with Crippen LogP contribution in [0.2, 0.25) is 0 Å². The summed E-state index contributed by atoms with van der Waals surface area (Å²) >= 11 is 0. The van der Waals surface area contributed by atoms with Gasteiger partial charge in [0.05, 0.1) is 5.39 Å². The molecule has 2 aromatic carbocycles. The Labute approximate surface area is 120 Å². The molecule has 21 heavy (non-hydrogen) atoms. The summed E-state index contributed by atoms with van der Waals surface area (Å²) in [7, 11) is 0. The number of benzene rings is 2. The molecule has 0 unspecified atom stereocenters. The Kier molecular flexibility index (Phi) is 3.16. The summed E-state index contributed by atoms with van der Waals surface area (Å²) < 4.78 is 5.46. The van der Waals surface area contributed by atoms with Crippen LogP contribution in [0.3, 0.4) is 0 Å². The summed E-state index contributed by atoms with van der Waals surface area (Å²) in [5.74, 6) is -0.516. The van der Waals surface area contributed by atoms with Crippen molar-refractivity contribution in [2.24, 2.45) is 0 Å². The second kappa shape index (κ2) is 5.13. The molecular formula is C16H12N2O3. The molecule has 1 aromatic heterocycles. The molecule has 0 bridgehead atoms. The number of fused-ring (bicyclic) bond motifs is 1. The zero-order valence-corrected chi connectivity index (χ0v) is 11.0. The van der Waals surface area contributed by atoms with Gasteiger partial charge in [-0.1, -0.05) is 12.1 Å². The van der Waals surface area contributed by atoms with Crippen molar-refractivity contribution in [3.63, 3.8) is 0 Å². The van der Waals surface area contributed by atoms with Crippen molar-refractivity contribution in [3.05, 3.63) is 70.6 Å². The van der Waals surface area contributed by atoms with Crippen LogP contribution in [0.1, 0.15) is 10.6 Å². The van der Waals surface area contributed by atoms with E-state index in [9.17, 15) is 9.59 Å². The van der Waals surface area contributed by atoms with E-state index in [2.05, 4.69) is 5.32 Å². The van der Waals surface area contributed by atoms with E-state index in [0.29, 0.717) is 22.3 Å². The van der Waals surface area contributed by atoms with Crippen LogP contribution in [0.4, 0.5) is 11.4 Å². The maximum atomic E-state index is 12.1. The highest BCUT2D eigenvalue weighted by molar-refractivity contribution is 6.03. The van der Waals surface area contributed by atoms with E-state index in [4.69, 9.17) is 10.2 Å². The molecule has 0 fully saturated rings. The lowest BCUT2D eigenvalue weighted by Gasteiger charge is -2.05. The molecule has 0 radical (unpaired) electrons. The third-order valence-electron chi connectivity index (χ3n) is 3.03. The minimum absolute atomic E-state index is 0.0319. The Hall–Kier alpha value is -3.08. The van der Waals surface area contributed by atoms with Crippen molar-refractivity contribution in [3.8, 4) is 0 Å². The maximum absolute atomic E-state index is 12.1. The van der Waals surface area contributed by atoms with Crippen LogP contribution in [0.25, 0.3) is 11.0 Å². The summed E-state index contributed by atoms with van der Waals surface area (Å²) in [5.41, 5.74) is 6.89. The van der Waals surface area contributed by atoms with E-state index in [-0.39, 0.29) is 11.2 Å². The fourth-order valence-corrected chi connectivity index (χ4v) is 1.97. The standard InChI is InChI=1S/C16H12N2O3/c17-10-5-7-11(8-6-10)18-16(20)15-9-13(19)12-3-1-2-4-14(12)21-15/h1-9H,17H2,(H,18,20). The van der Waals surface area contributed by atoms with Crippen molar-refractivity contribution in [2.75, 3.05) is 11.1 Å². The van der Waals surface area contributed by atoms with Crippen LogP contribution >= 0.6 is 0 Å². The lowest BCUT2D eigenvalue weighted by atomic mass is 10.2. The van der Waals surface area contributed by atoms with Gasteiger partial charge in [0, 0.05) is 17.4 Å². The minimum Gasteiger partial charge on any atom is -0.451 e. The molecule has 0 aliphatic carbocycles. The van der Waals surface area contributed by atoms with Crippen molar-refractivity contribution in [2.45, 2.75) is 0 Å². The van der Waals surface area contributed by atoms with Gasteiger partial charge >= 0.3 is 0 Å². The van der Waals surface area contributed by atoms with Gasteiger partial charge in [-0.3, -0.25) is 9.59 Å². The van der Waals surface area contributed by atoms with Gasteiger partial charge in [-0.2, -0.15) is 0 Å². The van der Waals surface area contributed by atoms with Crippen LogP contribution < -0.4 is 16.5 Å². The number of hydrogen-bond acceptors (Lipinski definition) is 4. The zero-order valence-electron chi connectivity index (χ0n) is 11.0. The number of nitrogens with two attached hydrogens (primary N) is 1. The van der Waals surface area contributed by atoms with Gasteiger partial charge in [0.25, 0.3) is 5.91 Å². The first-order valence-corrected chi connectivity index (χ1v) is 6.33. The third-order valence-corrected chi connectivity index (χ3v) is 3.03. The quantitative estimate of drug-likeness (QED) is 0.707. The van der Waals surface area contributed by atoms with Gasteiger partial charge < -0.3 is 15.5 Å². The van der Waals surface area contributed by atoms with E-state index in [0.717, 1.165) is 0 Å². The maximum Gasteiger partial charge on any atom is 0.291 e. The van der Waals surface area contributed by atoms with Crippen LogP contribution in [-0.4, -0.2) is 5.91 Å². The molecule has 0 spiro atoms. The normalized spacial score (nSPS) is 10.5. The highest BCUT2D eigenvalue weighted by atomic mass is 16.3. The first-order valence-electron chi connectivity index (χ1n) is 6.33. The van der Waals surface area contributed by atoms with Gasteiger partial charge in [-0.25, -0.2) is 0 Å².